The van der Waals surface area contributed by atoms with E-state index >= 15 is 0 Å². The molecule has 2 aromatic rings. The Morgan fingerprint density at radius 1 is 1.43 bits per heavy atom. The average Bonchev–Trinajstić information content (AvgIpc) is 2.85. The molecule has 1 aromatic carbocycles. The molecule has 3 rings (SSSR count). The van der Waals surface area contributed by atoms with Crippen LogP contribution < -0.4 is 10.6 Å². The van der Waals surface area contributed by atoms with E-state index in [-0.39, 0.29) is 5.91 Å². The van der Waals surface area contributed by atoms with E-state index < -0.39 is 0 Å². The van der Waals surface area contributed by atoms with Crippen molar-refractivity contribution in [2.75, 3.05) is 19.6 Å². The second-order valence-corrected chi connectivity index (χ2v) is 5.93. The molecule has 1 amide bonds. The molecule has 0 saturated carbocycles. The number of carbonyl (C=O) groups is 1. The van der Waals surface area contributed by atoms with Crippen LogP contribution in [0.5, 0.6) is 0 Å². The number of aryl methyl sites for hydroxylation is 2. The largest absolute Gasteiger partial charge is 0.450 e. The number of rotatable bonds is 3. The van der Waals surface area contributed by atoms with E-state index in [4.69, 9.17) is 4.42 Å². The van der Waals surface area contributed by atoms with Gasteiger partial charge in [-0.1, -0.05) is 18.2 Å². The van der Waals surface area contributed by atoms with Crippen LogP contribution in [0.15, 0.2) is 22.6 Å². The third-order valence-electron chi connectivity index (χ3n) is 4.32. The topological polar surface area (TPSA) is 54.3 Å². The van der Waals surface area contributed by atoms with Gasteiger partial charge in [0.25, 0.3) is 5.91 Å². The minimum Gasteiger partial charge on any atom is -0.450 e. The number of nitrogens with one attached hydrogen (secondary N) is 2. The zero-order chi connectivity index (χ0) is 14.8. The molecule has 112 valence electrons. The summed E-state index contributed by atoms with van der Waals surface area (Å²) in [7, 11) is 0. The fourth-order valence-corrected chi connectivity index (χ4v) is 3.02. The van der Waals surface area contributed by atoms with Gasteiger partial charge in [0.2, 0.25) is 0 Å². The first-order valence-electron chi connectivity index (χ1n) is 7.64. The SMILES string of the molecule is Cc1c(C(=O)NCC2CCCNC2)oc2c(C)cccc12. The van der Waals surface area contributed by atoms with Gasteiger partial charge < -0.3 is 15.1 Å². The Labute approximate surface area is 124 Å². The maximum Gasteiger partial charge on any atom is 0.287 e. The van der Waals surface area contributed by atoms with Crippen molar-refractivity contribution >= 4 is 16.9 Å². The molecule has 2 N–H and O–H groups in total. The molecule has 21 heavy (non-hydrogen) atoms. The highest BCUT2D eigenvalue weighted by Crippen LogP contribution is 2.27. The molecule has 0 aliphatic carbocycles. The number of hydrogen-bond donors (Lipinski definition) is 2. The van der Waals surface area contributed by atoms with Gasteiger partial charge in [0.15, 0.2) is 5.76 Å². The second-order valence-electron chi connectivity index (χ2n) is 5.93. The summed E-state index contributed by atoms with van der Waals surface area (Å²) < 4.78 is 5.80. The molecular formula is C17H22N2O2. The van der Waals surface area contributed by atoms with Gasteiger partial charge in [0.05, 0.1) is 0 Å². The maximum absolute atomic E-state index is 12.4. The van der Waals surface area contributed by atoms with Gasteiger partial charge in [-0.25, -0.2) is 0 Å². The molecule has 1 saturated heterocycles. The summed E-state index contributed by atoms with van der Waals surface area (Å²) in [6.45, 7) is 6.73. The molecule has 0 radical (unpaired) electrons. The van der Waals surface area contributed by atoms with Gasteiger partial charge in [0, 0.05) is 17.5 Å². The van der Waals surface area contributed by atoms with Crippen LogP contribution >= 0.6 is 0 Å². The molecule has 1 aliphatic heterocycles. The Bertz CT molecular complexity index is 654. The number of carbonyl (C=O) groups excluding carboxylic acids is 1. The summed E-state index contributed by atoms with van der Waals surface area (Å²) in [4.78, 5) is 12.4. The predicted octanol–water partition coefficient (Wildman–Crippen LogP) is 2.78. The summed E-state index contributed by atoms with van der Waals surface area (Å²) in [5, 5.41) is 7.41. The number of para-hydroxylation sites is 1. The van der Waals surface area contributed by atoms with Gasteiger partial charge in [-0.2, -0.15) is 0 Å². The van der Waals surface area contributed by atoms with Crippen molar-refractivity contribution in [1.82, 2.24) is 10.6 Å². The van der Waals surface area contributed by atoms with E-state index in [9.17, 15) is 4.79 Å². The molecule has 1 fully saturated rings. The molecule has 1 unspecified atom stereocenters. The van der Waals surface area contributed by atoms with E-state index in [1.54, 1.807) is 0 Å². The average molecular weight is 286 g/mol. The Balaban J connectivity index is 1.75. The van der Waals surface area contributed by atoms with Crippen LogP contribution in [0, 0.1) is 19.8 Å². The fraction of sp³-hybridized carbons (Fsp3) is 0.471. The van der Waals surface area contributed by atoms with Gasteiger partial charge >= 0.3 is 0 Å². The lowest BCUT2D eigenvalue weighted by atomic mass is 10.00. The van der Waals surface area contributed by atoms with Crippen molar-refractivity contribution in [1.29, 1.82) is 0 Å². The highest BCUT2D eigenvalue weighted by molar-refractivity contribution is 5.99. The third-order valence-corrected chi connectivity index (χ3v) is 4.32. The number of hydrogen-bond acceptors (Lipinski definition) is 3. The summed E-state index contributed by atoms with van der Waals surface area (Å²) >= 11 is 0. The smallest absolute Gasteiger partial charge is 0.287 e. The van der Waals surface area contributed by atoms with Crippen molar-refractivity contribution < 1.29 is 9.21 Å². The van der Waals surface area contributed by atoms with Crippen LogP contribution in [0.2, 0.25) is 0 Å². The van der Waals surface area contributed by atoms with Gasteiger partial charge in [0.1, 0.15) is 5.58 Å². The minimum atomic E-state index is -0.103. The molecule has 4 heteroatoms. The van der Waals surface area contributed by atoms with Crippen LogP contribution in [0.4, 0.5) is 0 Å². The lowest BCUT2D eigenvalue weighted by Crippen LogP contribution is -2.38. The quantitative estimate of drug-likeness (QED) is 0.912. The van der Waals surface area contributed by atoms with Crippen molar-refractivity contribution in [3.05, 3.63) is 35.1 Å². The first-order chi connectivity index (χ1) is 10.2. The van der Waals surface area contributed by atoms with Gasteiger partial charge in [-0.3, -0.25) is 4.79 Å². The summed E-state index contributed by atoms with van der Waals surface area (Å²) in [5.41, 5.74) is 2.80. The maximum atomic E-state index is 12.4. The van der Waals surface area contributed by atoms with Crippen molar-refractivity contribution in [3.8, 4) is 0 Å². The van der Waals surface area contributed by atoms with Crippen LogP contribution in [-0.4, -0.2) is 25.5 Å². The zero-order valence-corrected chi connectivity index (χ0v) is 12.7. The third kappa shape index (κ3) is 2.81. The van der Waals surface area contributed by atoms with Crippen molar-refractivity contribution in [2.45, 2.75) is 26.7 Å². The summed E-state index contributed by atoms with van der Waals surface area (Å²) in [5.74, 6) is 0.867. The number of piperidine rings is 1. The number of fused-ring (bicyclic) bond motifs is 1. The number of amides is 1. The van der Waals surface area contributed by atoms with E-state index in [2.05, 4.69) is 10.6 Å². The van der Waals surface area contributed by atoms with Crippen molar-refractivity contribution in [3.63, 3.8) is 0 Å². The highest BCUT2D eigenvalue weighted by Gasteiger charge is 2.20. The molecule has 1 atom stereocenters. The van der Waals surface area contributed by atoms with Gasteiger partial charge in [-0.05, 0) is 51.3 Å². The molecular weight excluding hydrogens is 264 g/mol. The Kier molecular flexibility index (Phi) is 3.97. The normalized spacial score (nSPS) is 18.9. The summed E-state index contributed by atoms with van der Waals surface area (Å²) in [6, 6.07) is 6.00. The molecule has 2 heterocycles. The lowest BCUT2D eigenvalue weighted by Gasteiger charge is -2.22. The Hall–Kier alpha value is -1.81. The zero-order valence-electron chi connectivity index (χ0n) is 12.7. The van der Waals surface area contributed by atoms with Crippen LogP contribution in [-0.2, 0) is 0 Å². The van der Waals surface area contributed by atoms with E-state index in [1.807, 2.05) is 32.0 Å². The van der Waals surface area contributed by atoms with Gasteiger partial charge in [-0.15, -0.1) is 0 Å². The fourth-order valence-electron chi connectivity index (χ4n) is 3.02. The molecule has 1 aliphatic rings. The first kappa shape index (κ1) is 14.1. The van der Waals surface area contributed by atoms with Crippen molar-refractivity contribution in [2.24, 2.45) is 5.92 Å². The Morgan fingerprint density at radius 3 is 3.00 bits per heavy atom. The first-order valence-corrected chi connectivity index (χ1v) is 7.64. The van der Waals surface area contributed by atoms with E-state index in [1.165, 1.54) is 12.8 Å². The number of benzene rings is 1. The standard InChI is InChI=1S/C17H22N2O2/c1-11-5-3-7-14-12(2)16(21-15(11)14)17(20)19-10-13-6-4-8-18-9-13/h3,5,7,13,18H,4,6,8-10H2,1-2H3,(H,19,20). The van der Waals surface area contributed by atoms with E-state index in [0.717, 1.165) is 35.2 Å². The number of furan rings is 1. The van der Waals surface area contributed by atoms with E-state index in [0.29, 0.717) is 18.2 Å². The van der Waals surface area contributed by atoms with Crippen LogP contribution in [0.3, 0.4) is 0 Å². The second kappa shape index (κ2) is 5.90. The minimum absolute atomic E-state index is 0.103. The predicted molar refractivity (Wildman–Crippen MR) is 83.6 cm³/mol. The molecule has 0 bridgehead atoms. The molecule has 1 aromatic heterocycles. The highest BCUT2D eigenvalue weighted by atomic mass is 16.3. The molecule has 0 spiro atoms. The van der Waals surface area contributed by atoms with Crippen LogP contribution in [0.25, 0.3) is 11.0 Å². The summed E-state index contributed by atoms with van der Waals surface area (Å²) in [6.07, 6.45) is 2.36. The monoisotopic (exact) mass is 286 g/mol. The molecule has 4 nitrogen and oxygen atoms in total. The Morgan fingerprint density at radius 2 is 2.29 bits per heavy atom. The van der Waals surface area contributed by atoms with Crippen LogP contribution in [0.1, 0.15) is 34.5 Å². The lowest BCUT2D eigenvalue weighted by molar-refractivity contribution is 0.0918.